The van der Waals surface area contributed by atoms with Gasteiger partial charge in [-0.1, -0.05) is 60.2 Å². The van der Waals surface area contributed by atoms with Gasteiger partial charge in [-0.25, -0.2) is 9.97 Å². The van der Waals surface area contributed by atoms with Gasteiger partial charge < -0.3 is 11.1 Å². The molecule has 1 unspecified atom stereocenters. The minimum atomic E-state index is -0.0307. The normalized spacial score (nSPS) is 11.4. The fraction of sp³-hybridized carbons (Fsp3) is 0.160. The Morgan fingerprint density at radius 3 is 2.45 bits per heavy atom. The molecule has 2 aromatic carbocycles. The molecule has 0 bridgehead atoms. The monoisotopic (exact) mass is 431 g/mol. The van der Waals surface area contributed by atoms with E-state index in [-0.39, 0.29) is 18.4 Å². The van der Waals surface area contributed by atoms with Crippen LogP contribution < -0.4 is 11.1 Å². The molecule has 0 aliphatic heterocycles. The second-order valence-electron chi connectivity index (χ2n) is 7.39. The van der Waals surface area contributed by atoms with E-state index in [0.717, 1.165) is 28.8 Å². The highest BCUT2D eigenvalue weighted by Crippen LogP contribution is 2.30. The third-order valence-corrected chi connectivity index (χ3v) is 4.93. The van der Waals surface area contributed by atoms with E-state index in [9.17, 15) is 0 Å². The van der Waals surface area contributed by atoms with E-state index in [1.807, 2.05) is 36.5 Å². The molecule has 0 radical (unpaired) electrons. The first-order valence-electron chi connectivity index (χ1n) is 10.1. The number of rotatable bonds is 7. The van der Waals surface area contributed by atoms with Crippen LogP contribution in [0.2, 0.25) is 0 Å². The third-order valence-electron chi connectivity index (χ3n) is 4.93. The molecule has 158 valence electrons. The van der Waals surface area contributed by atoms with Crippen LogP contribution in [-0.4, -0.2) is 27.5 Å². The molecule has 0 aliphatic rings. The standard InChI is InChI=1S/C25H25N5.ClH/c1-18-6-5-9-21(14-18)23-17-29-25(30-24(23)20-10-12-27-13-11-20)28-16-22(26)15-19-7-3-2-4-8-19;/h2-14,17,22H,15-16,26H2,1H3,(H,28,29,30);1H. The topological polar surface area (TPSA) is 76.7 Å². The van der Waals surface area contributed by atoms with E-state index in [0.29, 0.717) is 12.5 Å². The first-order valence-corrected chi connectivity index (χ1v) is 10.1. The highest BCUT2D eigenvalue weighted by molar-refractivity contribution is 5.85. The number of halogens is 1. The Morgan fingerprint density at radius 1 is 0.935 bits per heavy atom. The van der Waals surface area contributed by atoms with Gasteiger partial charge in [0.1, 0.15) is 0 Å². The van der Waals surface area contributed by atoms with Gasteiger partial charge >= 0.3 is 0 Å². The van der Waals surface area contributed by atoms with Gasteiger partial charge in [0.05, 0.1) is 5.69 Å². The van der Waals surface area contributed by atoms with Gasteiger partial charge in [-0.05, 0) is 36.6 Å². The first-order chi connectivity index (χ1) is 14.7. The molecule has 0 fully saturated rings. The zero-order valence-electron chi connectivity index (χ0n) is 17.4. The van der Waals surface area contributed by atoms with Crippen molar-refractivity contribution in [2.45, 2.75) is 19.4 Å². The van der Waals surface area contributed by atoms with E-state index in [1.165, 1.54) is 11.1 Å². The average Bonchev–Trinajstić information content (AvgIpc) is 2.79. The molecule has 0 amide bonds. The van der Waals surface area contributed by atoms with Gasteiger partial charge in [-0.2, -0.15) is 0 Å². The molecule has 1 atom stereocenters. The molecule has 2 heterocycles. The van der Waals surface area contributed by atoms with Crippen molar-refractivity contribution >= 4 is 18.4 Å². The summed E-state index contributed by atoms with van der Waals surface area (Å²) in [6.07, 6.45) is 6.23. The predicted octanol–water partition coefficient (Wildman–Crippen LogP) is 4.92. The van der Waals surface area contributed by atoms with E-state index in [1.54, 1.807) is 12.4 Å². The molecular weight excluding hydrogens is 406 g/mol. The van der Waals surface area contributed by atoms with Gasteiger partial charge in [0.25, 0.3) is 0 Å². The number of pyridine rings is 1. The van der Waals surface area contributed by atoms with Gasteiger partial charge in [0.2, 0.25) is 5.95 Å². The number of hydrogen-bond donors (Lipinski definition) is 2. The number of benzene rings is 2. The molecule has 4 aromatic rings. The smallest absolute Gasteiger partial charge is 0.223 e. The predicted molar refractivity (Wildman–Crippen MR) is 129 cm³/mol. The number of hydrogen-bond acceptors (Lipinski definition) is 5. The lowest BCUT2D eigenvalue weighted by atomic mass is 10.00. The van der Waals surface area contributed by atoms with Crippen molar-refractivity contribution in [3.05, 3.63) is 96.4 Å². The Bertz CT molecular complexity index is 1100. The molecular formula is C25H26ClN5. The van der Waals surface area contributed by atoms with Crippen LogP contribution in [0, 0.1) is 6.92 Å². The Kier molecular flexibility index (Phi) is 7.70. The summed E-state index contributed by atoms with van der Waals surface area (Å²) in [5, 5.41) is 3.30. The third kappa shape index (κ3) is 5.87. The molecule has 3 N–H and O–H groups in total. The Balaban J connectivity index is 0.00000272. The fourth-order valence-corrected chi connectivity index (χ4v) is 3.43. The summed E-state index contributed by atoms with van der Waals surface area (Å²) in [5.41, 5.74) is 12.7. The van der Waals surface area contributed by atoms with E-state index < -0.39 is 0 Å². The zero-order chi connectivity index (χ0) is 20.8. The van der Waals surface area contributed by atoms with Crippen molar-refractivity contribution in [3.63, 3.8) is 0 Å². The molecule has 6 heteroatoms. The molecule has 4 rings (SSSR count). The Labute approximate surface area is 189 Å². The SMILES string of the molecule is Cc1cccc(-c2cnc(NCC(N)Cc3ccccc3)nc2-c2ccncc2)c1.Cl. The van der Waals surface area contributed by atoms with Crippen LogP contribution in [0.1, 0.15) is 11.1 Å². The van der Waals surface area contributed by atoms with E-state index in [4.69, 9.17) is 10.7 Å². The number of nitrogens with two attached hydrogens (primary N) is 1. The summed E-state index contributed by atoms with van der Waals surface area (Å²) in [7, 11) is 0. The maximum atomic E-state index is 6.31. The first kappa shape index (κ1) is 22.4. The van der Waals surface area contributed by atoms with Crippen LogP contribution in [0.3, 0.4) is 0 Å². The maximum absolute atomic E-state index is 6.31. The van der Waals surface area contributed by atoms with E-state index >= 15 is 0 Å². The second-order valence-corrected chi connectivity index (χ2v) is 7.39. The number of nitrogens with one attached hydrogen (secondary N) is 1. The van der Waals surface area contributed by atoms with Crippen molar-refractivity contribution in [2.75, 3.05) is 11.9 Å². The average molecular weight is 432 g/mol. The fourth-order valence-electron chi connectivity index (χ4n) is 3.43. The second kappa shape index (κ2) is 10.7. The van der Waals surface area contributed by atoms with Crippen molar-refractivity contribution in [2.24, 2.45) is 5.73 Å². The molecule has 0 aliphatic carbocycles. The van der Waals surface area contributed by atoms with Crippen LogP contribution in [0.5, 0.6) is 0 Å². The number of nitrogens with zero attached hydrogens (tertiary/aromatic N) is 3. The lowest BCUT2D eigenvalue weighted by molar-refractivity contribution is 0.696. The molecule has 0 spiro atoms. The minimum Gasteiger partial charge on any atom is -0.353 e. The lowest BCUT2D eigenvalue weighted by Crippen LogP contribution is -2.31. The van der Waals surface area contributed by atoms with Crippen LogP contribution >= 0.6 is 12.4 Å². The Morgan fingerprint density at radius 2 is 1.71 bits per heavy atom. The van der Waals surface area contributed by atoms with Crippen molar-refractivity contribution < 1.29 is 0 Å². The summed E-state index contributed by atoms with van der Waals surface area (Å²) in [6.45, 7) is 2.68. The van der Waals surface area contributed by atoms with E-state index in [2.05, 4.69) is 58.6 Å². The summed E-state index contributed by atoms with van der Waals surface area (Å²) < 4.78 is 0. The van der Waals surface area contributed by atoms with Crippen molar-refractivity contribution in [3.8, 4) is 22.4 Å². The minimum absolute atomic E-state index is 0. The summed E-state index contributed by atoms with van der Waals surface area (Å²) in [4.78, 5) is 13.5. The highest BCUT2D eigenvalue weighted by Gasteiger charge is 2.13. The largest absolute Gasteiger partial charge is 0.353 e. The molecule has 0 saturated heterocycles. The molecule has 31 heavy (non-hydrogen) atoms. The van der Waals surface area contributed by atoms with Crippen molar-refractivity contribution in [1.29, 1.82) is 0 Å². The Hall–Kier alpha value is -3.28. The highest BCUT2D eigenvalue weighted by atomic mass is 35.5. The quantitative estimate of drug-likeness (QED) is 0.434. The number of aromatic nitrogens is 3. The summed E-state index contributed by atoms with van der Waals surface area (Å²) in [6, 6.07) is 22.5. The van der Waals surface area contributed by atoms with Gasteiger partial charge in [0, 0.05) is 42.3 Å². The molecule has 2 aromatic heterocycles. The van der Waals surface area contributed by atoms with Crippen LogP contribution in [0.15, 0.2) is 85.3 Å². The summed E-state index contributed by atoms with van der Waals surface area (Å²) in [5.74, 6) is 0.571. The lowest BCUT2D eigenvalue weighted by Gasteiger charge is -2.15. The van der Waals surface area contributed by atoms with Crippen LogP contribution in [0.4, 0.5) is 5.95 Å². The van der Waals surface area contributed by atoms with Gasteiger partial charge in [-0.15, -0.1) is 12.4 Å². The van der Waals surface area contributed by atoms with Gasteiger partial charge in [-0.3, -0.25) is 4.98 Å². The van der Waals surface area contributed by atoms with Gasteiger partial charge in [0.15, 0.2) is 0 Å². The zero-order valence-corrected chi connectivity index (χ0v) is 18.2. The van der Waals surface area contributed by atoms with Crippen LogP contribution in [0.25, 0.3) is 22.4 Å². The number of anilines is 1. The molecule has 5 nitrogen and oxygen atoms in total. The van der Waals surface area contributed by atoms with Crippen molar-refractivity contribution in [1.82, 2.24) is 15.0 Å². The molecule has 0 saturated carbocycles. The van der Waals surface area contributed by atoms with Crippen LogP contribution in [-0.2, 0) is 6.42 Å². The number of aryl methyl sites for hydroxylation is 1. The maximum Gasteiger partial charge on any atom is 0.223 e. The summed E-state index contributed by atoms with van der Waals surface area (Å²) >= 11 is 0.